The third kappa shape index (κ3) is 6.15. The van der Waals surface area contributed by atoms with E-state index >= 15 is 0 Å². The molecule has 0 spiro atoms. The third-order valence-electron chi connectivity index (χ3n) is 4.74. The molecule has 3 aromatic carbocycles. The Kier molecular flexibility index (Phi) is 7.28. The number of amides is 2. The first-order valence-electron chi connectivity index (χ1n) is 10.0. The molecule has 0 saturated heterocycles. The number of rotatable bonds is 4. The predicted octanol–water partition coefficient (Wildman–Crippen LogP) is 6.02. The van der Waals surface area contributed by atoms with Gasteiger partial charge in [0.1, 0.15) is 0 Å². The van der Waals surface area contributed by atoms with Gasteiger partial charge in [-0.15, -0.1) is 0 Å². The summed E-state index contributed by atoms with van der Waals surface area (Å²) in [5.74, 6) is -0.617. The Morgan fingerprint density at radius 2 is 1.44 bits per heavy atom. The van der Waals surface area contributed by atoms with Gasteiger partial charge in [0.15, 0.2) is 5.11 Å². The summed E-state index contributed by atoms with van der Waals surface area (Å²) >= 11 is 11.3. The molecule has 2 amide bonds. The lowest BCUT2D eigenvalue weighted by Gasteiger charge is -2.19. The fourth-order valence-electron chi connectivity index (χ4n) is 2.98. The van der Waals surface area contributed by atoms with Crippen molar-refractivity contribution in [3.63, 3.8) is 0 Å². The van der Waals surface area contributed by atoms with E-state index in [0.717, 1.165) is 5.56 Å². The molecule has 164 valence electrons. The quantitative estimate of drug-likeness (QED) is 0.412. The van der Waals surface area contributed by atoms with Crippen molar-refractivity contribution in [2.45, 2.75) is 26.2 Å². The molecule has 3 aromatic rings. The average molecular weight is 466 g/mol. The molecular weight excluding hydrogens is 442 g/mol. The van der Waals surface area contributed by atoms with Crippen LogP contribution in [0.4, 0.5) is 11.4 Å². The van der Waals surface area contributed by atoms with Crippen molar-refractivity contribution < 1.29 is 9.59 Å². The van der Waals surface area contributed by atoms with E-state index in [9.17, 15) is 9.59 Å². The van der Waals surface area contributed by atoms with Crippen molar-refractivity contribution in [3.8, 4) is 0 Å². The molecule has 5 nitrogen and oxygen atoms in total. The minimum absolute atomic E-state index is 0.0225. The van der Waals surface area contributed by atoms with Gasteiger partial charge in [0.2, 0.25) is 0 Å². The summed E-state index contributed by atoms with van der Waals surface area (Å²) < 4.78 is 0. The number of anilines is 2. The summed E-state index contributed by atoms with van der Waals surface area (Å²) in [5, 5.41) is 8.88. The maximum absolute atomic E-state index is 12.6. The molecule has 7 heteroatoms. The molecular formula is C25H24ClN3O2S. The second kappa shape index (κ2) is 9.94. The summed E-state index contributed by atoms with van der Waals surface area (Å²) in [4.78, 5) is 25.0. The van der Waals surface area contributed by atoms with Crippen LogP contribution in [0, 0.1) is 0 Å². The van der Waals surface area contributed by atoms with Crippen LogP contribution in [0.1, 0.15) is 47.1 Å². The number of carbonyl (C=O) groups is 2. The number of carbonyl (C=O) groups excluding carboxylic acids is 2. The van der Waals surface area contributed by atoms with Gasteiger partial charge in [-0.3, -0.25) is 14.9 Å². The Morgan fingerprint density at radius 3 is 2.06 bits per heavy atom. The van der Waals surface area contributed by atoms with E-state index in [2.05, 4.69) is 36.7 Å². The molecule has 0 radical (unpaired) electrons. The van der Waals surface area contributed by atoms with Crippen molar-refractivity contribution in [1.29, 1.82) is 0 Å². The van der Waals surface area contributed by atoms with E-state index in [1.54, 1.807) is 48.5 Å². The molecule has 0 fully saturated rings. The van der Waals surface area contributed by atoms with Crippen LogP contribution in [0.25, 0.3) is 0 Å². The average Bonchev–Trinajstić information content (AvgIpc) is 2.73. The molecule has 0 heterocycles. The van der Waals surface area contributed by atoms with Gasteiger partial charge in [0.05, 0.1) is 10.6 Å². The Hall–Kier alpha value is -3.22. The van der Waals surface area contributed by atoms with Crippen LogP contribution in [0.3, 0.4) is 0 Å². The normalized spacial score (nSPS) is 10.9. The minimum Gasteiger partial charge on any atom is -0.332 e. The van der Waals surface area contributed by atoms with Crippen LogP contribution in [0.15, 0.2) is 72.8 Å². The molecule has 3 rings (SSSR count). The summed E-state index contributed by atoms with van der Waals surface area (Å²) in [5.41, 5.74) is 3.30. The van der Waals surface area contributed by atoms with Crippen LogP contribution in [0.2, 0.25) is 5.02 Å². The monoisotopic (exact) mass is 465 g/mol. The highest BCUT2D eigenvalue weighted by atomic mass is 35.5. The van der Waals surface area contributed by atoms with Gasteiger partial charge >= 0.3 is 0 Å². The van der Waals surface area contributed by atoms with E-state index in [1.807, 2.05) is 24.3 Å². The molecule has 0 aromatic heterocycles. The van der Waals surface area contributed by atoms with Gasteiger partial charge in [0, 0.05) is 16.9 Å². The Bertz CT molecular complexity index is 1150. The SMILES string of the molecule is CC(C)(C)c1ccc(C(=O)Nc2cccc(NC(=S)NC(=O)c3ccccc3Cl)c2)cc1. The predicted molar refractivity (Wildman–Crippen MR) is 135 cm³/mol. The smallest absolute Gasteiger partial charge is 0.258 e. The maximum Gasteiger partial charge on any atom is 0.258 e. The number of hydrogen-bond acceptors (Lipinski definition) is 3. The number of benzene rings is 3. The van der Waals surface area contributed by atoms with Gasteiger partial charge in [-0.25, -0.2) is 0 Å². The van der Waals surface area contributed by atoms with Crippen LogP contribution in [-0.4, -0.2) is 16.9 Å². The number of hydrogen-bond donors (Lipinski definition) is 3. The van der Waals surface area contributed by atoms with E-state index in [4.69, 9.17) is 23.8 Å². The van der Waals surface area contributed by atoms with Crippen LogP contribution in [0.5, 0.6) is 0 Å². The molecule has 0 aliphatic rings. The van der Waals surface area contributed by atoms with E-state index in [1.165, 1.54) is 0 Å². The Morgan fingerprint density at radius 1 is 0.812 bits per heavy atom. The van der Waals surface area contributed by atoms with Gasteiger partial charge in [-0.2, -0.15) is 0 Å². The molecule has 0 atom stereocenters. The first kappa shape index (κ1) is 23.4. The van der Waals surface area contributed by atoms with Crippen molar-refractivity contribution >= 4 is 52.1 Å². The first-order chi connectivity index (χ1) is 15.1. The van der Waals surface area contributed by atoms with Crippen LogP contribution in [-0.2, 0) is 5.41 Å². The fraction of sp³-hybridized carbons (Fsp3) is 0.160. The van der Waals surface area contributed by atoms with Crippen LogP contribution >= 0.6 is 23.8 Å². The van der Waals surface area contributed by atoms with Gasteiger partial charge in [-0.05, 0) is 65.7 Å². The van der Waals surface area contributed by atoms with Gasteiger partial charge in [-0.1, -0.05) is 62.7 Å². The van der Waals surface area contributed by atoms with Gasteiger partial charge < -0.3 is 10.6 Å². The number of nitrogens with one attached hydrogen (secondary N) is 3. The van der Waals surface area contributed by atoms with E-state index in [-0.39, 0.29) is 16.4 Å². The van der Waals surface area contributed by atoms with Crippen molar-refractivity contribution in [2.75, 3.05) is 10.6 Å². The largest absolute Gasteiger partial charge is 0.332 e. The molecule has 0 saturated carbocycles. The Balaban J connectivity index is 1.62. The zero-order chi connectivity index (χ0) is 23.3. The number of thiocarbonyl (C=S) groups is 1. The second-order valence-corrected chi connectivity index (χ2v) is 9.07. The maximum atomic E-state index is 12.6. The topological polar surface area (TPSA) is 70.2 Å². The zero-order valence-electron chi connectivity index (χ0n) is 18.0. The third-order valence-corrected chi connectivity index (χ3v) is 5.27. The van der Waals surface area contributed by atoms with Crippen molar-refractivity contribution in [2.24, 2.45) is 0 Å². The highest BCUT2D eigenvalue weighted by Crippen LogP contribution is 2.23. The minimum atomic E-state index is -0.406. The summed E-state index contributed by atoms with van der Waals surface area (Å²) in [6.45, 7) is 6.38. The molecule has 32 heavy (non-hydrogen) atoms. The summed E-state index contributed by atoms with van der Waals surface area (Å²) in [7, 11) is 0. The van der Waals surface area contributed by atoms with E-state index in [0.29, 0.717) is 27.5 Å². The summed E-state index contributed by atoms with van der Waals surface area (Å²) in [6.07, 6.45) is 0. The summed E-state index contributed by atoms with van der Waals surface area (Å²) in [6, 6.07) is 21.3. The molecule has 0 bridgehead atoms. The van der Waals surface area contributed by atoms with E-state index < -0.39 is 5.91 Å². The second-order valence-electron chi connectivity index (χ2n) is 8.25. The first-order valence-corrected chi connectivity index (χ1v) is 10.8. The van der Waals surface area contributed by atoms with Crippen molar-refractivity contribution in [1.82, 2.24) is 5.32 Å². The lowest BCUT2D eigenvalue weighted by Crippen LogP contribution is -2.34. The zero-order valence-corrected chi connectivity index (χ0v) is 19.6. The highest BCUT2D eigenvalue weighted by molar-refractivity contribution is 7.80. The van der Waals surface area contributed by atoms with Crippen LogP contribution < -0.4 is 16.0 Å². The molecule has 0 aliphatic carbocycles. The number of halogens is 1. The molecule has 3 N–H and O–H groups in total. The lowest BCUT2D eigenvalue weighted by molar-refractivity contribution is 0.0976. The lowest BCUT2D eigenvalue weighted by atomic mass is 9.87. The fourth-order valence-corrected chi connectivity index (χ4v) is 3.41. The molecule has 0 unspecified atom stereocenters. The van der Waals surface area contributed by atoms with Gasteiger partial charge in [0.25, 0.3) is 11.8 Å². The molecule has 0 aliphatic heterocycles. The standard InChI is InChI=1S/C25H24ClN3O2S/c1-25(2,3)17-13-11-16(12-14-17)22(30)27-18-7-6-8-19(15-18)28-24(32)29-23(31)20-9-4-5-10-21(20)26/h4-15H,1-3H3,(H,27,30)(H2,28,29,31,32). The Labute approximate surface area is 198 Å². The van der Waals surface area contributed by atoms with Crippen molar-refractivity contribution in [3.05, 3.63) is 94.5 Å². The highest BCUT2D eigenvalue weighted by Gasteiger charge is 2.15.